The summed E-state index contributed by atoms with van der Waals surface area (Å²) in [4.78, 5) is 4.26. The van der Waals surface area contributed by atoms with Crippen LogP contribution in [0, 0.1) is 5.41 Å². The van der Waals surface area contributed by atoms with Crippen molar-refractivity contribution in [3.05, 3.63) is 0 Å². The van der Waals surface area contributed by atoms with Crippen molar-refractivity contribution in [3.8, 4) is 0 Å². The molecule has 0 saturated carbocycles. The van der Waals surface area contributed by atoms with Gasteiger partial charge in [0.1, 0.15) is 0 Å². The highest BCUT2D eigenvalue weighted by Crippen LogP contribution is 2.03. The molecule has 0 radical (unpaired) electrons. The second-order valence-electron chi connectivity index (χ2n) is 3.38. The van der Waals surface area contributed by atoms with Gasteiger partial charge in [-0.3, -0.25) is 10.4 Å². The maximum Gasteiger partial charge on any atom is 0.0945 e. The van der Waals surface area contributed by atoms with Gasteiger partial charge in [0.2, 0.25) is 0 Å². The predicted octanol–water partition coefficient (Wildman–Crippen LogP) is 1.59. The summed E-state index contributed by atoms with van der Waals surface area (Å²) >= 11 is 1.51. The molecule has 0 aliphatic rings. The molecule has 0 aromatic heterocycles. The van der Waals surface area contributed by atoms with E-state index in [0.29, 0.717) is 10.9 Å². The highest BCUT2D eigenvalue weighted by molar-refractivity contribution is 8.13. The molecule has 0 heterocycles. The first-order valence-corrected chi connectivity index (χ1v) is 6.32. The van der Waals surface area contributed by atoms with Gasteiger partial charge >= 0.3 is 0 Å². The number of rotatable bonds is 8. The molecular weight excluding hydrogens is 208 g/mol. The lowest BCUT2D eigenvalue weighted by atomic mass is 10.2. The van der Waals surface area contributed by atoms with E-state index in [1.165, 1.54) is 11.8 Å². The fourth-order valence-corrected chi connectivity index (χ4v) is 1.66. The number of nitrogens with two attached hydrogens (primary N) is 2. The molecular formula is C10H22N4S. The summed E-state index contributed by atoms with van der Waals surface area (Å²) in [5.41, 5.74) is 11.1. The van der Waals surface area contributed by atoms with Crippen LogP contribution in [-0.4, -0.2) is 29.7 Å². The summed E-state index contributed by atoms with van der Waals surface area (Å²) in [6, 6.07) is 0. The fourth-order valence-electron chi connectivity index (χ4n) is 1.04. The molecule has 5 N–H and O–H groups in total. The van der Waals surface area contributed by atoms with Gasteiger partial charge in [-0.2, -0.15) is 0 Å². The fraction of sp³-hybridized carbons (Fsp3) is 0.800. The first kappa shape index (κ1) is 14.5. The van der Waals surface area contributed by atoms with Crippen molar-refractivity contribution < 1.29 is 0 Å². The Morgan fingerprint density at radius 2 is 2.07 bits per heavy atom. The monoisotopic (exact) mass is 230 g/mol. The molecule has 0 amide bonds. The van der Waals surface area contributed by atoms with Crippen molar-refractivity contribution >= 4 is 22.6 Å². The van der Waals surface area contributed by atoms with Crippen molar-refractivity contribution in [2.24, 2.45) is 16.5 Å². The Kier molecular flexibility index (Phi) is 9.62. The normalized spacial score (nSPS) is 11.7. The topological polar surface area (TPSA) is 88.2 Å². The molecule has 0 bridgehead atoms. The number of hydrogen-bond acceptors (Lipinski definition) is 4. The molecule has 0 rings (SSSR count). The molecule has 0 aliphatic carbocycles. The lowest BCUT2D eigenvalue weighted by Gasteiger charge is -2.00. The molecule has 15 heavy (non-hydrogen) atoms. The maximum atomic E-state index is 7.22. The van der Waals surface area contributed by atoms with Crippen molar-refractivity contribution in [2.75, 3.05) is 18.8 Å². The van der Waals surface area contributed by atoms with Crippen LogP contribution in [0.25, 0.3) is 0 Å². The van der Waals surface area contributed by atoms with Gasteiger partial charge in [-0.05, 0) is 26.3 Å². The van der Waals surface area contributed by atoms with Gasteiger partial charge in [-0.1, -0.05) is 6.42 Å². The van der Waals surface area contributed by atoms with E-state index in [2.05, 4.69) is 4.99 Å². The molecule has 0 aromatic carbocycles. The molecule has 0 unspecified atom stereocenters. The third-order valence-corrected chi connectivity index (χ3v) is 2.70. The predicted molar refractivity (Wildman–Crippen MR) is 69.9 cm³/mol. The second-order valence-corrected chi connectivity index (χ2v) is 4.69. The molecule has 0 atom stereocenters. The van der Waals surface area contributed by atoms with Crippen molar-refractivity contribution in [1.29, 1.82) is 5.41 Å². The van der Waals surface area contributed by atoms with Crippen LogP contribution in [0.15, 0.2) is 4.99 Å². The SMILES string of the molecule is CC(=N)SCCC(N)=NCCCCCN. The number of nitrogens with one attached hydrogen (secondary N) is 1. The molecule has 0 aliphatic heterocycles. The van der Waals surface area contributed by atoms with E-state index in [0.717, 1.165) is 44.5 Å². The van der Waals surface area contributed by atoms with Crippen LogP contribution in [0.4, 0.5) is 0 Å². The zero-order chi connectivity index (χ0) is 11.5. The van der Waals surface area contributed by atoms with E-state index in [1.54, 1.807) is 6.92 Å². The number of amidine groups is 1. The Labute approximate surface area is 96.4 Å². The van der Waals surface area contributed by atoms with E-state index in [4.69, 9.17) is 16.9 Å². The molecule has 88 valence electrons. The number of hydrogen-bond donors (Lipinski definition) is 3. The first-order chi connectivity index (χ1) is 7.16. The molecule has 4 nitrogen and oxygen atoms in total. The standard InChI is InChI=1S/C10H22N4S/c1-9(12)15-8-5-10(13)14-7-4-2-3-6-11/h12H,2-8,11H2,1H3,(H2,13,14). The largest absolute Gasteiger partial charge is 0.387 e. The Morgan fingerprint density at radius 1 is 1.33 bits per heavy atom. The van der Waals surface area contributed by atoms with Gasteiger partial charge in [0.15, 0.2) is 0 Å². The van der Waals surface area contributed by atoms with Crippen LogP contribution < -0.4 is 11.5 Å². The van der Waals surface area contributed by atoms with Crippen molar-refractivity contribution in [3.63, 3.8) is 0 Å². The summed E-state index contributed by atoms with van der Waals surface area (Å²) in [6.07, 6.45) is 4.03. The van der Waals surface area contributed by atoms with Gasteiger partial charge in [0.05, 0.1) is 10.9 Å². The van der Waals surface area contributed by atoms with Crippen LogP contribution in [0.3, 0.4) is 0 Å². The van der Waals surface area contributed by atoms with Crippen LogP contribution in [0.5, 0.6) is 0 Å². The van der Waals surface area contributed by atoms with Gasteiger partial charge in [-0.15, -0.1) is 11.8 Å². The Bertz CT molecular complexity index is 204. The summed E-state index contributed by atoms with van der Waals surface area (Å²) in [5, 5.41) is 7.85. The van der Waals surface area contributed by atoms with E-state index >= 15 is 0 Å². The minimum absolute atomic E-state index is 0.630. The Balaban J connectivity index is 3.39. The van der Waals surface area contributed by atoms with Crippen LogP contribution in [0.2, 0.25) is 0 Å². The highest BCUT2D eigenvalue weighted by atomic mass is 32.2. The van der Waals surface area contributed by atoms with Crippen LogP contribution in [0.1, 0.15) is 32.6 Å². The minimum atomic E-state index is 0.630. The average Bonchev–Trinajstić information content (AvgIpc) is 2.17. The zero-order valence-electron chi connectivity index (χ0n) is 9.46. The van der Waals surface area contributed by atoms with Crippen molar-refractivity contribution in [1.82, 2.24) is 0 Å². The summed E-state index contributed by atoms with van der Waals surface area (Å²) in [5.74, 6) is 1.56. The Hall–Kier alpha value is -0.550. The highest BCUT2D eigenvalue weighted by Gasteiger charge is 1.95. The number of thioether (sulfide) groups is 1. The maximum absolute atomic E-state index is 7.22. The van der Waals surface area contributed by atoms with Gasteiger partial charge < -0.3 is 11.5 Å². The van der Waals surface area contributed by atoms with Crippen LogP contribution >= 0.6 is 11.8 Å². The third kappa shape index (κ3) is 11.4. The van der Waals surface area contributed by atoms with E-state index in [-0.39, 0.29) is 0 Å². The number of aliphatic imine (C=N–C) groups is 1. The second kappa shape index (κ2) is 9.98. The third-order valence-electron chi connectivity index (χ3n) is 1.85. The van der Waals surface area contributed by atoms with E-state index in [1.807, 2.05) is 0 Å². The van der Waals surface area contributed by atoms with E-state index < -0.39 is 0 Å². The van der Waals surface area contributed by atoms with E-state index in [9.17, 15) is 0 Å². The first-order valence-electron chi connectivity index (χ1n) is 5.33. The van der Waals surface area contributed by atoms with Gasteiger partial charge in [-0.25, -0.2) is 0 Å². The molecule has 5 heteroatoms. The quantitative estimate of drug-likeness (QED) is 0.336. The minimum Gasteiger partial charge on any atom is -0.387 e. The average molecular weight is 230 g/mol. The van der Waals surface area contributed by atoms with Gasteiger partial charge in [0.25, 0.3) is 0 Å². The Morgan fingerprint density at radius 3 is 2.67 bits per heavy atom. The summed E-state index contributed by atoms with van der Waals surface area (Å²) < 4.78 is 0. The summed E-state index contributed by atoms with van der Waals surface area (Å²) in [7, 11) is 0. The number of unbranched alkanes of at least 4 members (excludes halogenated alkanes) is 2. The van der Waals surface area contributed by atoms with Crippen molar-refractivity contribution in [2.45, 2.75) is 32.6 Å². The molecule has 0 fully saturated rings. The molecule has 0 saturated heterocycles. The zero-order valence-corrected chi connectivity index (χ0v) is 10.3. The lowest BCUT2D eigenvalue weighted by molar-refractivity contribution is 0.695. The number of nitrogens with zero attached hydrogens (tertiary/aromatic N) is 1. The van der Waals surface area contributed by atoms with Crippen LogP contribution in [-0.2, 0) is 0 Å². The smallest absolute Gasteiger partial charge is 0.0945 e. The molecule has 0 spiro atoms. The van der Waals surface area contributed by atoms with Gasteiger partial charge in [0, 0.05) is 18.7 Å². The summed E-state index contributed by atoms with van der Waals surface area (Å²) in [6.45, 7) is 3.35. The lowest BCUT2D eigenvalue weighted by Crippen LogP contribution is -2.13. The molecule has 0 aromatic rings.